The molecular weight excluding hydrogens is 640 g/mol. The molecule has 0 aromatic carbocycles. The number of ether oxygens (including phenoxy) is 4. The number of hydrazine groups is 1. The molecule has 0 bridgehead atoms. The van der Waals surface area contributed by atoms with E-state index >= 15 is 0 Å². The van der Waals surface area contributed by atoms with Gasteiger partial charge in [0.2, 0.25) is 0 Å². The molecule has 3 rings (SSSR count). The number of thiocarbonyl (C=S) groups is 1. The van der Waals surface area contributed by atoms with Crippen LogP contribution in [-0.2, 0) is 25.5 Å². The van der Waals surface area contributed by atoms with Crippen molar-refractivity contribution >= 4 is 35.1 Å². The lowest BCUT2D eigenvalue weighted by molar-refractivity contribution is 0.00539. The van der Waals surface area contributed by atoms with Crippen LogP contribution in [0, 0.1) is 0 Å². The van der Waals surface area contributed by atoms with Crippen molar-refractivity contribution in [3.63, 3.8) is 0 Å². The Labute approximate surface area is 287 Å². The molecule has 2 aromatic heterocycles. The molecule has 0 saturated carbocycles. The number of anilines is 1. The number of isothiocyanates is 1. The quantitative estimate of drug-likeness (QED) is 0.169. The van der Waals surface area contributed by atoms with Crippen molar-refractivity contribution in [3.05, 3.63) is 53.5 Å². The number of aromatic carboxylic acids is 2. The maximum absolute atomic E-state index is 11.7. The maximum atomic E-state index is 11.7. The highest BCUT2D eigenvalue weighted by atomic mass is 32.1. The highest BCUT2D eigenvalue weighted by Crippen LogP contribution is 2.17. The van der Waals surface area contributed by atoms with E-state index in [1.807, 2.05) is 17.1 Å². The zero-order chi connectivity index (χ0) is 34.2. The number of pyridine rings is 2. The number of carboxylic acids is 2. The van der Waals surface area contributed by atoms with Gasteiger partial charge < -0.3 is 29.2 Å². The van der Waals surface area contributed by atoms with Gasteiger partial charge in [-0.1, -0.05) is 31.4 Å². The van der Waals surface area contributed by atoms with Crippen LogP contribution in [0.5, 0.6) is 0 Å². The summed E-state index contributed by atoms with van der Waals surface area (Å²) in [7, 11) is 0. The summed E-state index contributed by atoms with van der Waals surface area (Å²) in [6, 6.07) is 10.0. The van der Waals surface area contributed by atoms with Crippen LogP contribution in [0.3, 0.4) is 0 Å². The highest BCUT2D eigenvalue weighted by molar-refractivity contribution is 7.78. The fourth-order valence-electron chi connectivity index (χ4n) is 5.03. The third kappa shape index (κ3) is 15.7. The molecule has 264 valence electrons. The van der Waals surface area contributed by atoms with Gasteiger partial charge in [0, 0.05) is 45.8 Å². The summed E-state index contributed by atoms with van der Waals surface area (Å²) < 4.78 is 23.6. The first-order valence-corrected chi connectivity index (χ1v) is 16.9. The number of carbonyl (C=O) groups is 2. The second kappa shape index (κ2) is 23.8. The Kier molecular flexibility index (Phi) is 19.4. The smallest absolute Gasteiger partial charge is 0.354 e. The molecule has 0 unspecified atom stereocenters. The van der Waals surface area contributed by atoms with E-state index in [0.717, 1.165) is 32.1 Å². The minimum Gasteiger partial charge on any atom is -0.477 e. The Balaban J connectivity index is 1.58. The first-order chi connectivity index (χ1) is 23.5. The van der Waals surface area contributed by atoms with E-state index in [4.69, 9.17) is 18.9 Å². The molecule has 1 saturated heterocycles. The zero-order valence-electron chi connectivity index (χ0n) is 27.5. The predicted molar refractivity (Wildman–Crippen MR) is 183 cm³/mol. The molecule has 1 fully saturated rings. The van der Waals surface area contributed by atoms with Gasteiger partial charge in [0.15, 0.2) is 5.69 Å². The SMILES string of the molecule is O=C(O)c1cccc(CN2CCOCCOCCN(N(CCCCCCCN=C=S)c3cccc(C(=O)O)n3)CCOCCOCC2)n1. The normalized spacial score (nSPS) is 16.7. The van der Waals surface area contributed by atoms with Crippen LogP contribution in [0.1, 0.15) is 58.8 Å². The first-order valence-electron chi connectivity index (χ1n) is 16.5. The number of nitrogens with zero attached hydrogens (tertiary/aromatic N) is 6. The van der Waals surface area contributed by atoms with E-state index in [1.54, 1.807) is 12.1 Å². The Morgan fingerprint density at radius 2 is 1.29 bits per heavy atom. The van der Waals surface area contributed by atoms with Gasteiger partial charge in [0.1, 0.15) is 11.5 Å². The van der Waals surface area contributed by atoms with Crippen molar-refractivity contribution in [2.45, 2.75) is 38.6 Å². The van der Waals surface area contributed by atoms with Crippen LogP contribution in [0.25, 0.3) is 0 Å². The summed E-state index contributed by atoms with van der Waals surface area (Å²) in [5.74, 6) is -1.57. The molecular formula is C33H48N6O8S. The number of aromatic nitrogens is 2. The molecule has 15 heteroatoms. The van der Waals surface area contributed by atoms with E-state index in [0.29, 0.717) is 110 Å². The molecule has 2 aromatic rings. The molecule has 1 aliphatic heterocycles. The fraction of sp³-hybridized carbons (Fsp3) is 0.606. The summed E-state index contributed by atoms with van der Waals surface area (Å²) in [4.78, 5) is 37.8. The predicted octanol–water partition coefficient (Wildman–Crippen LogP) is 3.53. The average molecular weight is 689 g/mol. The minimum absolute atomic E-state index is 0.0107. The summed E-state index contributed by atoms with van der Waals surface area (Å²) in [5.41, 5.74) is 0.673. The number of unbranched alkanes of at least 4 members (excludes halogenated alkanes) is 4. The minimum atomic E-state index is -1.07. The molecule has 1 aliphatic rings. The number of hydrogen-bond donors (Lipinski definition) is 2. The van der Waals surface area contributed by atoms with Crippen LogP contribution in [0.2, 0.25) is 0 Å². The van der Waals surface area contributed by atoms with Crippen LogP contribution in [-0.4, -0.2) is 139 Å². The molecule has 14 nitrogen and oxygen atoms in total. The monoisotopic (exact) mass is 688 g/mol. The van der Waals surface area contributed by atoms with Crippen molar-refractivity contribution in [2.75, 3.05) is 97.1 Å². The highest BCUT2D eigenvalue weighted by Gasteiger charge is 2.19. The zero-order valence-corrected chi connectivity index (χ0v) is 28.4. The largest absolute Gasteiger partial charge is 0.477 e. The molecule has 2 N–H and O–H groups in total. The number of aliphatic imine (C=N–C) groups is 1. The summed E-state index contributed by atoms with van der Waals surface area (Å²) in [6.07, 6.45) is 4.99. The van der Waals surface area contributed by atoms with Crippen molar-refractivity contribution in [3.8, 4) is 0 Å². The van der Waals surface area contributed by atoms with Gasteiger partial charge in [-0.2, -0.15) is 0 Å². The van der Waals surface area contributed by atoms with E-state index < -0.39 is 11.9 Å². The van der Waals surface area contributed by atoms with Crippen LogP contribution >= 0.6 is 12.2 Å². The van der Waals surface area contributed by atoms with Gasteiger partial charge >= 0.3 is 11.9 Å². The van der Waals surface area contributed by atoms with Crippen LogP contribution in [0.15, 0.2) is 41.4 Å². The van der Waals surface area contributed by atoms with Gasteiger partial charge in [0.25, 0.3) is 0 Å². The Hall–Kier alpha value is -3.40. The summed E-state index contributed by atoms with van der Waals surface area (Å²) in [6.45, 7) is 7.62. The van der Waals surface area contributed by atoms with E-state index in [9.17, 15) is 19.8 Å². The van der Waals surface area contributed by atoms with E-state index in [2.05, 4.69) is 42.2 Å². The molecule has 0 aliphatic carbocycles. The maximum Gasteiger partial charge on any atom is 0.354 e. The van der Waals surface area contributed by atoms with Gasteiger partial charge in [-0.3, -0.25) is 9.91 Å². The first kappa shape index (κ1) is 39.0. The number of hydrogen-bond acceptors (Lipinski definition) is 13. The molecule has 0 atom stereocenters. The number of rotatable bonds is 14. The van der Waals surface area contributed by atoms with Gasteiger partial charge in [0.05, 0.1) is 63.7 Å². The lowest BCUT2D eigenvalue weighted by Crippen LogP contribution is -2.47. The lowest BCUT2D eigenvalue weighted by atomic mass is 10.1. The second-order valence-corrected chi connectivity index (χ2v) is 11.2. The van der Waals surface area contributed by atoms with Crippen molar-refractivity contribution < 1.29 is 38.7 Å². The Morgan fingerprint density at radius 3 is 1.90 bits per heavy atom. The van der Waals surface area contributed by atoms with Crippen LogP contribution in [0.4, 0.5) is 5.82 Å². The Morgan fingerprint density at radius 1 is 0.750 bits per heavy atom. The van der Waals surface area contributed by atoms with Crippen molar-refractivity contribution in [1.29, 1.82) is 0 Å². The summed E-state index contributed by atoms with van der Waals surface area (Å²) in [5, 5.41) is 25.4. The van der Waals surface area contributed by atoms with Crippen molar-refractivity contribution in [1.82, 2.24) is 19.9 Å². The number of carboxylic acid groups (broad SMARTS) is 2. The molecule has 0 spiro atoms. The lowest BCUT2D eigenvalue weighted by Gasteiger charge is -2.36. The standard InChI is InChI=1S/C33H48N6O8S/c40-32(41)29-9-6-8-28(35-29)26-37-14-18-44-22-24-46-20-16-38(17-21-47-25-23-45-19-15-37)39(13-5-3-1-2-4-12-34-27-48)31-11-7-10-30(36-31)33(42)43/h6-11H,1-5,12-26H2,(H,40,41)(H,42,43). The third-order valence-corrected chi connectivity index (χ3v) is 7.64. The van der Waals surface area contributed by atoms with Crippen molar-refractivity contribution in [2.24, 2.45) is 4.99 Å². The fourth-order valence-corrected chi connectivity index (χ4v) is 5.12. The summed E-state index contributed by atoms with van der Waals surface area (Å²) >= 11 is 4.63. The van der Waals surface area contributed by atoms with Gasteiger partial charge in [-0.15, -0.1) is 0 Å². The topological polar surface area (TPSA) is 159 Å². The average Bonchev–Trinajstić information content (AvgIpc) is 3.08. The van der Waals surface area contributed by atoms with Gasteiger partial charge in [-0.25, -0.2) is 29.6 Å². The van der Waals surface area contributed by atoms with E-state index in [1.165, 1.54) is 12.1 Å². The molecule has 3 heterocycles. The van der Waals surface area contributed by atoms with E-state index in [-0.39, 0.29) is 11.4 Å². The molecule has 48 heavy (non-hydrogen) atoms. The molecule has 0 radical (unpaired) electrons. The van der Waals surface area contributed by atoms with Gasteiger partial charge in [-0.05, 0) is 49.3 Å². The molecule has 0 amide bonds. The Bertz CT molecular complexity index is 1260. The van der Waals surface area contributed by atoms with Crippen LogP contribution < -0.4 is 5.01 Å². The third-order valence-electron chi connectivity index (χ3n) is 7.51. The second-order valence-electron chi connectivity index (χ2n) is 11.0.